The molecule has 0 saturated carbocycles. The number of carbonyl (C=O) groups is 1. The van der Waals surface area contributed by atoms with Crippen molar-refractivity contribution in [2.24, 2.45) is 4.99 Å². The zero-order valence-electron chi connectivity index (χ0n) is 26.7. The second-order valence-electron chi connectivity index (χ2n) is 10.9. The van der Waals surface area contributed by atoms with Crippen molar-refractivity contribution in [2.45, 2.75) is 33.4 Å². The van der Waals surface area contributed by atoms with Gasteiger partial charge in [-0.3, -0.25) is 9.36 Å². The molecule has 1 atom stereocenters. The van der Waals surface area contributed by atoms with E-state index >= 15 is 0 Å². The van der Waals surface area contributed by atoms with E-state index in [0.717, 1.165) is 26.4 Å². The Kier molecular flexibility index (Phi) is 10.2. The molecule has 1 aliphatic heterocycles. The molecule has 0 saturated heterocycles. The molecule has 0 spiro atoms. The highest BCUT2D eigenvalue weighted by atomic mass is 79.9. The predicted octanol–water partition coefficient (Wildman–Crippen LogP) is 7.46. The lowest BCUT2D eigenvalue weighted by molar-refractivity contribution is -0.139. The number of benzene rings is 4. The van der Waals surface area contributed by atoms with Crippen molar-refractivity contribution in [3.8, 4) is 17.2 Å². The molecule has 1 aliphatic rings. The molecule has 0 fully saturated rings. The molecule has 11 heteroatoms. The van der Waals surface area contributed by atoms with Crippen molar-refractivity contribution in [3.63, 3.8) is 0 Å². The van der Waals surface area contributed by atoms with E-state index in [1.807, 2.05) is 73.7 Å². The molecule has 0 bridgehead atoms. The highest BCUT2D eigenvalue weighted by molar-refractivity contribution is 9.10. The minimum Gasteiger partial charge on any atom is -0.493 e. The Morgan fingerprint density at radius 3 is 2.46 bits per heavy atom. The van der Waals surface area contributed by atoms with Crippen LogP contribution >= 0.6 is 43.2 Å². The number of ether oxygens (including phenoxy) is 4. The molecule has 1 aromatic heterocycles. The third-order valence-electron chi connectivity index (χ3n) is 7.91. The van der Waals surface area contributed by atoms with E-state index < -0.39 is 12.0 Å². The Hall–Kier alpha value is -4.19. The molecule has 0 unspecified atom stereocenters. The van der Waals surface area contributed by atoms with Crippen LogP contribution in [0.3, 0.4) is 0 Å². The van der Waals surface area contributed by atoms with Crippen LogP contribution in [0.2, 0.25) is 0 Å². The van der Waals surface area contributed by atoms with E-state index in [1.54, 1.807) is 37.7 Å². The van der Waals surface area contributed by atoms with E-state index in [1.165, 1.54) is 11.3 Å². The monoisotopic (exact) mass is 790 g/mol. The highest BCUT2D eigenvalue weighted by Crippen LogP contribution is 2.41. The maximum absolute atomic E-state index is 14.5. The Morgan fingerprint density at radius 2 is 1.73 bits per heavy atom. The van der Waals surface area contributed by atoms with Gasteiger partial charge in [-0.15, -0.1) is 0 Å². The van der Waals surface area contributed by atoms with Gasteiger partial charge >= 0.3 is 5.97 Å². The Morgan fingerprint density at radius 1 is 0.958 bits per heavy atom. The summed E-state index contributed by atoms with van der Waals surface area (Å²) in [7, 11) is 1.55. The average Bonchev–Trinajstić information content (AvgIpc) is 3.38. The number of carbonyl (C=O) groups excluding carboxylic acids is 1. The van der Waals surface area contributed by atoms with Crippen LogP contribution < -0.4 is 29.1 Å². The highest BCUT2D eigenvalue weighted by Gasteiger charge is 2.35. The van der Waals surface area contributed by atoms with Gasteiger partial charge in [0.15, 0.2) is 16.3 Å². The van der Waals surface area contributed by atoms with Gasteiger partial charge in [0, 0.05) is 14.5 Å². The van der Waals surface area contributed by atoms with Gasteiger partial charge < -0.3 is 18.9 Å². The zero-order chi connectivity index (χ0) is 33.9. The molecule has 6 rings (SSSR count). The number of allylic oxidation sites excluding steroid dienone is 1. The van der Waals surface area contributed by atoms with Crippen molar-refractivity contribution in [1.29, 1.82) is 0 Å². The number of hydrogen-bond donors (Lipinski definition) is 0. The fraction of sp³-hybridized carbons (Fsp3) is 0.216. The van der Waals surface area contributed by atoms with Crippen LogP contribution in [0.1, 0.15) is 43.5 Å². The van der Waals surface area contributed by atoms with Crippen LogP contribution in [0.5, 0.6) is 17.2 Å². The van der Waals surface area contributed by atoms with Crippen LogP contribution in [-0.4, -0.2) is 30.9 Å². The predicted molar refractivity (Wildman–Crippen MR) is 195 cm³/mol. The number of fused-ring (bicyclic) bond motifs is 2. The smallest absolute Gasteiger partial charge is 0.338 e. The fourth-order valence-corrected chi connectivity index (χ4v) is 7.53. The summed E-state index contributed by atoms with van der Waals surface area (Å²) in [6.45, 7) is 6.35. The van der Waals surface area contributed by atoms with Gasteiger partial charge in [0.1, 0.15) is 12.4 Å². The summed E-state index contributed by atoms with van der Waals surface area (Å²) in [5, 5.41) is 1.95. The summed E-state index contributed by atoms with van der Waals surface area (Å²) >= 11 is 8.43. The second kappa shape index (κ2) is 14.5. The Balaban J connectivity index is 1.55. The number of hydrogen-bond acceptors (Lipinski definition) is 8. The third kappa shape index (κ3) is 6.59. The second-order valence-corrected chi connectivity index (χ2v) is 13.7. The van der Waals surface area contributed by atoms with Crippen molar-refractivity contribution in [3.05, 3.63) is 129 Å². The minimum absolute atomic E-state index is 0.171. The maximum Gasteiger partial charge on any atom is 0.338 e. The van der Waals surface area contributed by atoms with E-state index in [2.05, 4.69) is 31.9 Å². The standard InChI is InChI=1S/C37H32Br2N2O6S/c1-5-45-31-19-28(39)27(17-30(31)44-4)34-33(36(43)46-6-2)21(3)40-37-41(34)35(42)32(48-37)18-26-25-10-8-7-9-23(25)13-16-29(26)47-20-22-11-14-24(38)15-12-22/h7-19,34H,5-6,20H2,1-4H3/b32-18+/t34-/m1/s1. The summed E-state index contributed by atoms with van der Waals surface area (Å²) in [5.41, 5.74) is 2.85. The molecule has 0 amide bonds. The summed E-state index contributed by atoms with van der Waals surface area (Å²) in [4.78, 5) is 33.2. The van der Waals surface area contributed by atoms with Crippen molar-refractivity contribution >= 4 is 66.0 Å². The molecule has 8 nitrogen and oxygen atoms in total. The molecular formula is C37H32Br2N2O6S. The van der Waals surface area contributed by atoms with Crippen molar-refractivity contribution in [2.75, 3.05) is 20.3 Å². The topological polar surface area (TPSA) is 88.4 Å². The lowest BCUT2D eigenvalue weighted by Crippen LogP contribution is -2.40. The summed E-state index contributed by atoms with van der Waals surface area (Å²) in [6.07, 6.45) is 1.86. The number of rotatable bonds is 10. The molecule has 0 N–H and O–H groups in total. The molecule has 246 valence electrons. The molecule has 0 radical (unpaired) electrons. The summed E-state index contributed by atoms with van der Waals surface area (Å²) in [6, 6.07) is 22.6. The largest absolute Gasteiger partial charge is 0.493 e. The van der Waals surface area contributed by atoms with Crippen LogP contribution in [0.4, 0.5) is 0 Å². The molecule has 48 heavy (non-hydrogen) atoms. The van der Waals surface area contributed by atoms with Gasteiger partial charge in [-0.2, -0.15) is 0 Å². The van der Waals surface area contributed by atoms with Crippen LogP contribution in [0, 0.1) is 0 Å². The maximum atomic E-state index is 14.5. The third-order valence-corrected chi connectivity index (χ3v) is 10.1. The quantitative estimate of drug-likeness (QED) is 0.137. The van der Waals surface area contributed by atoms with Crippen LogP contribution in [0.15, 0.2) is 103 Å². The lowest BCUT2D eigenvalue weighted by atomic mass is 9.95. The number of aromatic nitrogens is 1. The van der Waals surface area contributed by atoms with Crippen LogP contribution in [-0.2, 0) is 16.1 Å². The number of thiazole rings is 1. The minimum atomic E-state index is -0.845. The summed E-state index contributed by atoms with van der Waals surface area (Å²) < 4.78 is 26.9. The van der Waals surface area contributed by atoms with Gasteiger partial charge in [-0.25, -0.2) is 9.79 Å². The van der Waals surface area contributed by atoms with E-state index in [9.17, 15) is 9.59 Å². The van der Waals surface area contributed by atoms with Crippen molar-refractivity contribution in [1.82, 2.24) is 4.57 Å². The Bertz CT molecular complexity index is 2240. The van der Waals surface area contributed by atoms with Gasteiger partial charge in [0.2, 0.25) is 0 Å². The van der Waals surface area contributed by atoms with Gasteiger partial charge in [-0.05, 0) is 79.1 Å². The first kappa shape index (κ1) is 33.7. The first-order valence-electron chi connectivity index (χ1n) is 15.3. The molecule has 4 aromatic carbocycles. The lowest BCUT2D eigenvalue weighted by Gasteiger charge is -2.26. The average molecular weight is 793 g/mol. The van der Waals surface area contributed by atoms with Crippen LogP contribution in [0.25, 0.3) is 16.8 Å². The number of nitrogens with zero attached hydrogens (tertiary/aromatic N) is 2. The molecule has 5 aromatic rings. The number of halogens is 2. The first-order chi connectivity index (χ1) is 23.2. The summed E-state index contributed by atoms with van der Waals surface area (Å²) in [5.74, 6) is 1.10. The van der Waals surface area contributed by atoms with E-state index in [4.69, 9.17) is 23.9 Å². The van der Waals surface area contributed by atoms with Gasteiger partial charge in [0.05, 0.1) is 42.2 Å². The zero-order valence-corrected chi connectivity index (χ0v) is 30.7. The van der Waals surface area contributed by atoms with Gasteiger partial charge in [0.25, 0.3) is 5.56 Å². The molecule has 2 heterocycles. The van der Waals surface area contributed by atoms with E-state index in [-0.39, 0.29) is 17.7 Å². The Labute approximate surface area is 298 Å². The molecule has 0 aliphatic carbocycles. The number of esters is 1. The van der Waals surface area contributed by atoms with Gasteiger partial charge in [-0.1, -0.05) is 85.7 Å². The fourth-order valence-electron chi connectivity index (χ4n) is 5.70. The first-order valence-corrected chi connectivity index (χ1v) is 17.7. The molecular weight excluding hydrogens is 760 g/mol. The normalized spacial score (nSPS) is 14.5. The van der Waals surface area contributed by atoms with Crippen molar-refractivity contribution < 1.29 is 23.7 Å². The van der Waals surface area contributed by atoms with E-state index in [0.29, 0.717) is 55.5 Å². The number of methoxy groups -OCH3 is 1. The SMILES string of the molecule is CCOC(=O)C1=C(C)N=c2s/c(=C/c3c(OCc4ccc(Br)cc4)ccc4ccccc34)c(=O)n2[C@@H]1c1cc(OC)c(OCC)cc1Br.